The standard InChI is InChI=1S/C34H32N2O3/c1-35-21-29(22-12-14-25(15-13-22)36-16-18-39-19-17-36)33(20-24-6-2-3-9-26(24)31(33)37)34(35)28-11-5-8-23-7-4-10-27(30(23)28)32(34)38/h2-15,24,26,29H,16-21H2,1H3/t24?,26?,29-,33+,34+/m1/s1. The van der Waals surface area contributed by atoms with E-state index in [0.717, 1.165) is 53.8 Å². The molecule has 2 heterocycles. The largest absolute Gasteiger partial charge is 0.378 e. The van der Waals surface area contributed by atoms with Crippen LogP contribution >= 0.6 is 0 Å². The summed E-state index contributed by atoms with van der Waals surface area (Å²) >= 11 is 0. The molecule has 3 aliphatic carbocycles. The van der Waals surface area contributed by atoms with Gasteiger partial charge in [0, 0.05) is 42.7 Å². The molecule has 2 unspecified atom stereocenters. The predicted molar refractivity (Wildman–Crippen MR) is 152 cm³/mol. The van der Waals surface area contributed by atoms with E-state index in [-0.39, 0.29) is 29.3 Å². The normalized spacial score (nSPS) is 33.3. The Morgan fingerprint density at radius 3 is 2.41 bits per heavy atom. The van der Waals surface area contributed by atoms with E-state index in [9.17, 15) is 9.59 Å². The monoisotopic (exact) mass is 516 g/mol. The number of benzene rings is 3. The first-order chi connectivity index (χ1) is 19.1. The van der Waals surface area contributed by atoms with Gasteiger partial charge in [-0.3, -0.25) is 14.5 Å². The molecule has 1 saturated carbocycles. The Morgan fingerprint density at radius 1 is 0.897 bits per heavy atom. The van der Waals surface area contributed by atoms with Crippen LogP contribution in [0.2, 0.25) is 0 Å². The molecular weight excluding hydrogens is 484 g/mol. The molecule has 39 heavy (non-hydrogen) atoms. The Balaban J connectivity index is 1.33. The second-order valence-electron chi connectivity index (χ2n) is 11.9. The minimum atomic E-state index is -1.01. The number of allylic oxidation sites excluding steroid dienone is 4. The third-order valence-corrected chi connectivity index (χ3v) is 10.4. The van der Waals surface area contributed by atoms with E-state index in [1.165, 1.54) is 5.69 Å². The third kappa shape index (κ3) is 2.82. The van der Waals surface area contributed by atoms with E-state index in [2.05, 4.69) is 83.6 Å². The van der Waals surface area contributed by atoms with Crippen molar-refractivity contribution >= 4 is 28.0 Å². The van der Waals surface area contributed by atoms with Gasteiger partial charge in [-0.1, -0.05) is 72.8 Å². The van der Waals surface area contributed by atoms with Gasteiger partial charge >= 0.3 is 0 Å². The van der Waals surface area contributed by atoms with Crippen molar-refractivity contribution in [3.05, 3.63) is 102 Å². The number of nitrogens with zero attached hydrogens (tertiary/aromatic N) is 2. The molecule has 5 nitrogen and oxygen atoms in total. The molecule has 5 heteroatoms. The number of ketones is 2. The van der Waals surface area contributed by atoms with Gasteiger partial charge in [0.15, 0.2) is 5.78 Å². The number of fused-ring (bicyclic) bond motifs is 3. The highest BCUT2D eigenvalue weighted by molar-refractivity contribution is 6.23. The average molecular weight is 517 g/mol. The lowest BCUT2D eigenvalue weighted by molar-refractivity contribution is -0.132. The molecule has 0 bridgehead atoms. The number of likely N-dealkylation sites (N-methyl/N-ethyl adjacent to an activating group) is 1. The van der Waals surface area contributed by atoms with Crippen molar-refractivity contribution in [3.63, 3.8) is 0 Å². The van der Waals surface area contributed by atoms with Crippen molar-refractivity contribution in [2.75, 3.05) is 44.8 Å². The zero-order valence-electron chi connectivity index (χ0n) is 22.2. The van der Waals surface area contributed by atoms with E-state index in [0.29, 0.717) is 13.0 Å². The smallest absolute Gasteiger partial charge is 0.189 e. The molecule has 196 valence electrons. The molecule has 3 aromatic rings. The molecule has 5 atom stereocenters. The van der Waals surface area contributed by atoms with Gasteiger partial charge in [0.1, 0.15) is 11.3 Å². The van der Waals surface area contributed by atoms with E-state index in [4.69, 9.17) is 4.74 Å². The van der Waals surface area contributed by atoms with E-state index in [1.807, 2.05) is 18.2 Å². The highest BCUT2D eigenvalue weighted by Gasteiger charge is 2.76. The van der Waals surface area contributed by atoms with Crippen molar-refractivity contribution in [1.82, 2.24) is 4.90 Å². The number of hydrogen-bond acceptors (Lipinski definition) is 5. The number of carbonyl (C=O) groups is 2. The molecule has 0 aromatic heterocycles. The fourth-order valence-corrected chi connectivity index (χ4v) is 8.80. The number of Topliss-reactive ketones (excluding diaryl/α,β-unsaturated/α-hetero) is 2. The molecule has 3 aromatic carbocycles. The zero-order chi connectivity index (χ0) is 26.4. The lowest BCUT2D eigenvalue weighted by atomic mass is 9.58. The number of ether oxygens (including phenoxy) is 1. The minimum absolute atomic E-state index is 0.0872. The maximum atomic E-state index is 14.9. The van der Waals surface area contributed by atoms with Crippen LogP contribution in [0.1, 0.15) is 33.8 Å². The second-order valence-corrected chi connectivity index (χ2v) is 11.9. The summed E-state index contributed by atoms with van der Waals surface area (Å²) in [7, 11) is 2.06. The van der Waals surface area contributed by atoms with Crippen LogP contribution in [0.25, 0.3) is 10.8 Å². The number of anilines is 1. The summed E-state index contributed by atoms with van der Waals surface area (Å²) in [5.41, 5.74) is 2.22. The topological polar surface area (TPSA) is 49.9 Å². The van der Waals surface area contributed by atoms with Gasteiger partial charge < -0.3 is 9.64 Å². The van der Waals surface area contributed by atoms with Crippen LogP contribution in [0.4, 0.5) is 5.69 Å². The summed E-state index contributed by atoms with van der Waals surface area (Å²) in [6.45, 7) is 3.91. The van der Waals surface area contributed by atoms with Crippen molar-refractivity contribution in [1.29, 1.82) is 0 Å². The molecule has 8 rings (SSSR count). The Bertz CT molecular complexity index is 1580. The van der Waals surface area contributed by atoms with Gasteiger partial charge in [-0.05, 0) is 53.4 Å². The van der Waals surface area contributed by atoms with Crippen molar-refractivity contribution in [2.45, 2.75) is 17.9 Å². The fraction of sp³-hybridized carbons (Fsp3) is 0.353. The number of likely N-dealkylation sites (tertiary alicyclic amines) is 1. The maximum Gasteiger partial charge on any atom is 0.189 e. The van der Waals surface area contributed by atoms with Gasteiger partial charge in [0.2, 0.25) is 0 Å². The van der Waals surface area contributed by atoms with Crippen LogP contribution in [0.15, 0.2) is 85.0 Å². The van der Waals surface area contributed by atoms with Crippen LogP contribution in [0.3, 0.4) is 0 Å². The summed E-state index contributed by atoms with van der Waals surface area (Å²) < 4.78 is 5.55. The molecule has 2 saturated heterocycles. The Morgan fingerprint density at radius 2 is 1.64 bits per heavy atom. The quantitative estimate of drug-likeness (QED) is 0.474. The van der Waals surface area contributed by atoms with Crippen LogP contribution in [-0.2, 0) is 15.1 Å². The first-order valence-corrected chi connectivity index (χ1v) is 14.2. The summed E-state index contributed by atoms with van der Waals surface area (Å²) in [5, 5.41) is 2.09. The molecule has 2 aliphatic heterocycles. The van der Waals surface area contributed by atoms with Gasteiger partial charge in [-0.2, -0.15) is 0 Å². The van der Waals surface area contributed by atoms with E-state index >= 15 is 0 Å². The summed E-state index contributed by atoms with van der Waals surface area (Å²) in [4.78, 5) is 34.3. The van der Waals surface area contributed by atoms with Crippen LogP contribution in [0.5, 0.6) is 0 Å². The lowest BCUT2D eigenvalue weighted by Gasteiger charge is -2.45. The van der Waals surface area contributed by atoms with Crippen LogP contribution in [-0.4, -0.2) is 56.4 Å². The molecule has 3 fully saturated rings. The summed E-state index contributed by atoms with van der Waals surface area (Å²) in [6.07, 6.45) is 9.00. The highest BCUT2D eigenvalue weighted by atomic mass is 16.5. The summed E-state index contributed by atoms with van der Waals surface area (Å²) in [5.74, 6) is 0.137. The SMILES string of the molecule is CN1C[C@H](c2ccc(N3CCOCC3)cc2)[C@]2(CC3C=CC=CC3C2=O)[C@]12C(=O)c1cccc3cccc2c13. The van der Waals surface area contributed by atoms with Crippen LogP contribution < -0.4 is 4.90 Å². The third-order valence-electron chi connectivity index (χ3n) is 10.4. The minimum Gasteiger partial charge on any atom is -0.378 e. The molecule has 0 N–H and O–H groups in total. The van der Waals surface area contributed by atoms with E-state index < -0.39 is 11.0 Å². The highest BCUT2D eigenvalue weighted by Crippen LogP contribution is 2.69. The second kappa shape index (κ2) is 8.23. The number of morpholine rings is 1. The summed E-state index contributed by atoms with van der Waals surface area (Å²) in [6, 6.07) is 21.1. The maximum absolute atomic E-state index is 14.9. The van der Waals surface area contributed by atoms with Gasteiger partial charge in [0.05, 0.1) is 18.6 Å². The number of rotatable bonds is 2. The van der Waals surface area contributed by atoms with Crippen LogP contribution in [0, 0.1) is 17.3 Å². The van der Waals surface area contributed by atoms with E-state index in [1.54, 1.807) is 0 Å². The van der Waals surface area contributed by atoms with Gasteiger partial charge in [-0.15, -0.1) is 0 Å². The molecule has 0 radical (unpaired) electrons. The fourth-order valence-electron chi connectivity index (χ4n) is 8.80. The zero-order valence-corrected chi connectivity index (χ0v) is 22.2. The van der Waals surface area contributed by atoms with Crippen molar-refractivity contribution in [3.8, 4) is 0 Å². The van der Waals surface area contributed by atoms with Gasteiger partial charge in [-0.25, -0.2) is 0 Å². The first-order valence-electron chi connectivity index (χ1n) is 14.2. The Kier molecular flexibility index (Phi) is 4.93. The number of carbonyl (C=O) groups excluding carboxylic acids is 2. The average Bonchev–Trinajstić information content (AvgIpc) is 3.53. The molecule has 2 spiro atoms. The predicted octanol–water partition coefficient (Wildman–Crippen LogP) is 5.11. The molecule has 0 amide bonds. The number of hydrogen-bond donors (Lipinski definition) is 0. The molecular formula is C34H32N2O3. The van der Waals surface area contributed by atoms with Gasteiger partial charge in [0.25, 0.3) is 0 Å². The first kappa shape index (κ1) is 23.4. The van der Waals surface area contributed by atoms with Crippen molar-refractivity contribution < 1.29 is 14.3 Å². The Labute approximate surface area is 228 Å². The Hall–Kier alpha value is -3.54. The van der Waals surface area contributed by atoms with Crippen molar-refractivity contribution in [2.24, 2.45) is 17.3 Å². The molecule has 5 aliphatic rings. The lowest BCUT2D eigenvalue weighted by Crippen LogP contribution is -2.56.